The molecule has 0 spiro atoms. The lowest BCUT2D eigenvalue weighted by Gasteiger charge is -2.01. The van der Waals surface area contributed by atoms with E-state index in [0.29, 0.717) is 10.7 Å². The van der Waals surface area contributed by atoms with Crippen molar-refractivity contribution in [1.82, 2.24) is 0 Å². The molecule has 0 N–H and O–H groups in total. The predicted octanol–water partition coefficient (Wildman–Crippen LogP) is 0.131. The maximum Gasteiger partial charge on any atom is 0.275 e. The summed E-state index contributed by atoms with van der Waals surface area (Å²) in [5.41, 5.74) is 2.94. The molecule has 2 rings (SSSR count). The molecule has 1 aromatic heterocycles. The molecule has 4 heteroatoms. The van der Waals surface area contributed by atoms with Crippen molar-refractivity contribution in [3.8, 4) is 0 Å². The van der Waals surface area contributed by atoms with Gasteiger partial charge in [-0.15, -0.1) is 0 Å². The molecule has 19 heavy (non-hydrogen) atoms. The zero-order chi connectivity index (χ0) is 13.1. The van der Waals surface area contributed by atoms with E-state index in [4.69, 9.17) is 11.6 Å². The second-order valence-electron chi connectivity index (χ2n) is 4.44. The van der Waals surface area contributed by atoms with Crippen LogP contribution in [-0.4, -0.2) is 5.78 Å². The average Bonchev–Trinajstić information content (AvgIpc) is 2.33. The fourth-order valence-corrected chi connectivity index (χ4v) is 2.00. The smallest absolute Gasteiger partial charge is 0.275 e. The molecule has 0 fully saturated rings. The lowest BCUT2D eigenvalue weighted by atomic mass is 10.1. The Morgan fingerprint density at radius 3 is 2.32 bits per heavy atom. The highest BCUT2D eigenvalue weighted by atomic mass is 79.9. The standard InChI is InChI=1S/C15H15ClNO.BrH/c1-11-3-5-13(6-4-11)14(18)10-17-8-7-12(2)9-15(17)16;/h3-9H,10H2,1-2H3;1H/q+1;/p-1. The van der Waals surface area contributed by atoms with E-state index in [1.807, 2.05) is 56.4 Å². The molecule has 0 amide bonds. The number of rotatable bonds is 3. The van der Waals surface area contributed by atoms with Crippen molar-refractivity contribution < 1.29 is 26.3 Å². The van der Waals surface area contributed by atoms with Crippen LogP contribution in [0.25, 0.3) is 0 Å². The minimum absolute atomic E-state index is 0. The SMILES string of the molecule is Cc1ccc(C(=O)C[n+]2ccc(C)cc2Cl)cc1.[Br-]. The summed E-state index contributed by atoms with van der Waals surface area (Å²) in [6.45, 7) is 4.24. The van der Waals surface area contributed by atoms with Crippen molar-refractivity contribution in [3.63, 3.8) is 0 Å². The number of aromatic nitrogens is 1. The Kier molecular flexibility index (Phi) is 5.70. The maximum absolute atomic E-state index is 12.1. The van der Waals surface area contributed by atoms with Gasteiger partial charge in [-0.1, -0.05) is 29.8 Å². The van der Waals surface area contributed by atoms with Crippen molar-refractivity contribution >= 4 is 17.4 Å². The molecule has 0 aliphatic carbocycles. The normalized spacial score (nSPS) is 9.84. The molecule has 0 saturated carbocycles. The van der Waals surface area contributed by atoms with Crippen LogP contribution in [0.5, 0.6) is 0 Å². The first-order valence-electron chi connectivity index (χ1n) is 5.82. The van der Waals surface area contributed by atoms with Gasteiger partial charge in [0, 0.05) is 17.7 Å². The van der Waals surface area contributed by atoms with Gasteiger partial charge < -0.3 is 17.0 Å². The van der Waals surface area contributed by atoms with E-state index >= 15 is 0 Å². The first kappa shape index (κ1) is 15.9. The molecule has 0 radical (unpaired) electrons. The fourth-order valence-electron chi connectivity index (χ4n) is 1.71. The first-order valence-corrected chi connectivity index (χ1v) is 6.19. The summed E-state index contributed by atoms with van der Waals surface area (Å²) in [5.74, 6) is 0.0609. The number of nitrogens with zero attached hydrogens (tertiary/aromatic N) is 1. The van der Waals surface area contributed by atoms with Gasteiger partial charge in [0.15, 0.2) is 6.20 Å². The Bertz CT molecular complexity index is 581. The van der Waals surface area contributed by atoms with Crippen molar-refractivity contribution in [2.24, 2.45) is 0 Å². The molecule has 0 atom stereocenters. The summed E-state index contributed by atoms with van der Waals surface area (Å²) >= 11 is 6.10. The van der Waals surface area contributed by atoms with Gasteiger partial charge >= 0.3 is 0 Å². The highest BCUT2D eigenvalue weighted by Crippen LogP contribution is 2.07. The highest BCUT2D eigenvalue weighted by Gasteiger charge is 2.15. The van der Waals surface area contributed by atoms with Gasteiger partial charge in [-0.2, -0.15) is 4.57 Å². The first-order chi connectivity index (χ1) is 8.56. The third-order valence-electron chi connectivity index (χ3n) is 2.83. The number of aryl methyl sites for hydroxylation is 2. The molecular formula is C15H15BrClNO. The van der Waals surface area contributed by atoms with Crippen LogP contribution in [0.2, 0.25) is 5.15 Å². The van der Waals surface area contributed by atoms with E-state index in [9.17, 15) is 4.79 Å². The molecule has 1 aromatic carbocycles. The third kappa shape index (κ3) is 4.15. The molecule has 0 saturated heterocycles. The summed E-state index contributed by atoms with van der Waals surface area (Å²) in [6.07, 6.45) is 1.84. The van der Waals surface area contributed by atoms with Crippen molar-refractivity contribution in [2.45, 2.75) is 20.4 Å². The van der Waals surface area contributed by atoms with Crippen molar-refractivity contribution in [1.29, 1.82) is 0 Å². The number of carbonyl (C=O) groups is 1. The van der Waals surface area contributed by atoms with E-state index in [-0.39, 0.29) is 29.3 Å². The molecule has 2 aromatic rings. The molecule has 0 aliphatic rings. The quantitative estimate of drug-likeness (QED) is 0.442. The number of ketones is 1. The van der Waals surface area contributed by atoms with Crippen LogP contribution in [0.15, 0.2) is 42.6 Å². The van der Waals surface area contributed by atoms with Crippen LogP contribution >= 0.6 is 11.6 Å². The van der Waals surface area contributed by atoms with Gasteiger partial charge in [0.2, 0.25) is 12.3 Å². The van der Waals surface area contributed by atoms with Crippen LogP contribution in [0.4, 0.5) is 0 Å². The van der Waals surface area contributed by atoms with Crippen LogP contribution in [-0.2, 0) is 6.54 Å². The largest absolute Gasteiger partial charge is 1.00 e. The molecule has 0 aliphatic heterocycles. The van der Waals surface area contributed by atoms with Gasteiger partial charge in [0.05, 0.1) is 0 Å². The Labute approximate surface area is 128 Å². The zero-order valence-corrected chi connectivity index (χ0v) is 13.2. The van der Waals surface area contributed by atoms with E-state index in [1.54, 1.807) is 4.57 Å². The van der Waals surface area contributed by atoms with Gasteiger partial charge in [0.1, 0.15) is 0 Å². The minimum atomic E-state index is 0. The lowest BCUT2D eigenvalue weighted by molar-refractivity contribution is -0.681. The van der Waals surface area contributed by atoms with Crippen molar-refractivity contribution in [2.75, 3.05) is 0 Å². The minimum Gasteiger partial charge on any atom is -1.00 e. The molecular weight excluding hydrogens is 326 g/mol. The number of halogens is 2. The number of carbonyl (C=O) groups excluding carboxylic acids is 1. The van der Waals surface area contributed by atoms with E-state index < -0.39 is 0 Å². The van der Waals surface area contributed by atoms with Crippen LogP contribution in [0, 0.1) is 13.8 Å². The van der Waals surface area contributed by atoms with Crippen LogP contribution in [0.3, 0.4) is 0 Å². The number of pyridine rings is 1. The number of benzene rings is 1. The molecule has 0 unspecified atom stereocenters. The van der Waals surface area contributed by atoms with Gasteiger partial charge in [0.25, 0.3) is 5.15 Å². The second-order valence-corrected chi connectivity index (χ2v) is 4.83. The fraction of sp³-hybridized carbons (Fsp3) is 0.200. The van der Waals surface area contributed by atoms with Crippen LogP contribution in [0.1, 0.15) is 21.5 Å². The molecule has 1 heterocycles. The van der Waals surface area contributed by atoms with Gasteiger partial charge in [-0.05, 0) is 31.0 Å². The van der Waals surface area contributed by atoms with Crippen molar-refractivity contribution in [3.05, 3.63) is 64.4 Å². The predicted molar refractivity (Wildman–Crippen MR) is 71.9 cm³/mol. The number of hydrogen-bond acceptors (Lipinski definition) is 1. The highest BCUT2D eigenvalue weighted by molar-refractivity contribution is 6.28. The summed E-state index contributed by atoms with van der Waals surface area (Å²) in [6, 6.07) is 11.4. The van der Waals surface area contributed by atoms with Gasteiger partial charge in [-0.3, -0.25) is 4.79 Å². The molecule has 2 nitrogen and oxygen atoms in total. The van der Waals surface area contributed by atoms with E-state index in [2.05, 4.69) is 0 Å². The number of hydrogen-bond donors (Lipinski definition) is 0. The monoisotopic (exact) mass is 339 g/mol. The Balaban J connectivity index is 0.00000180. The van der Waals surface area contributed by atoms with Crippen LogP contribution < -0.4 is 21.5 Å². The zero-order valence-electron chi connectivity index (χ0n) is 10.9. The average molecular weight is 341 g/mol. The third-order valence-corrected chi connectivity index (χ3v) is 3.15. The summed E-state index contributed by atoms with van der Waals surface area (Å²) in [7, 11) is 0. The summed E-state index contributed by atoms with van der Waals surface area (Å²) in [4.78, 5) is 12.1. The maximum atomic E-state index is 12.1. The summed E-state index contributed by atoms with van der Waals surface area (Å²) < 4.78 is 1.75. The van der Waals surface area contributed by atoms with Gasteiger partial charge in [-0.25, -0.2) is 0 Å². The Morgan fingerprint density at radius 2 is 1.74 bits per heavy atom. The Hall–Kier alpha value is -1.19. The van der Waals surface area contributed by atoms with E-state index in [1.165, 1.54) is 0 Å². The molecule has 100 valence electrons. The lowest BCUT2D eigenvalue weighted by Crippen LogP contribution is -3.00. The Morgan fingerprint density at radius 1 is 1.11 bits per heavy atom. The number of Topliss-reactive ketones (excluding diaryl/α,β-unsaturated/α-hetero) is 1. The topological polar surface area (TPSA) is 20.9 Å². The second kappa shape index (κ2) is 6.83. The van der Waals surface area contributed by atoms with E-state index in [0.717, 1.165) is 11.1 Å². The summed E-state index contributed by atoms with van der Waals surface area (Å²) in [5, 5.41) is 0.579. The molecule has 0 bridgehead atoms.